The number of aliphatic imine (C=N–C) groups is 1. The third-order valence-electron chi connectivity index (χ3n) is 9.12. The number of likely N-dealkylation sites (tertiary alicyclic amines) is 1. The summed E-state index contributed by atoms with van der Waals surface area (Å²) in [4.78, 5) is 24.7. The fourth-order valence-electron chi connectivity index (χ4n) is 6.95. The van der Waals surface area contributed by atoms with Crippen LogP contribution in [-0.2, 0) is 10.3 Å². The van der Waals surface area contributed by atoms with Gasteiger partial charge in [-0.15, -0.1) is 0 Å². The van der Waals surface area contributed by atoms with Crippen LogP contribution in [0.25, 0.3) is 11.9 Å². The highest BCUT2D eigenvalue weighted by Gasteiger charge is 2.71. The molecule has 0 spiro atoms. The van der Waals surface area contributed by atoms with Crippen molar-refractivity contribution < 1.29 is 13.6 Å². The summed E-state index contributed by atoms with van der Waals surface area (Å²) < 4.78 is 29.6. The lowest BCUT2D eigenvalue weighted by Gasteiger charge is -2.43. The fraction of sp³-hybridized carbons (Fsp3) is 0.467. The molecule has 0 radical (unpaired) electrons. The minimum atomic E-state index is -1.05. The van der Waals surface area contributed by atoms with E-state index in [9.17, 15) is 9.18 Å². The number of hydrogen-bond donors (Lipinski definition) is 1. The monoisotopic (exact) mass is 547 g/mol. The summed E-state index contributed by atoms with van der Waals surface area (Å²) in [6, 6.07) is 9.27. The van der Waals surface area contributed by atoms with E-state index in [4.69, 9.17) is 16.0 Å². The standard InChI is InChI=1S/C30H31F2N5OS/c1-29(22-12-18(6-8-23(22)31)13-24(32)25-9-7-19(15-33)16-35-25)26-14-30(26,39-28(34)36-29)27(38)37-11-10-20-4-2-3-5-21(20)17-37/h6-9,12-13,16,20-21,26H,2-5,10-11,14,17H2,1H3,(H2,34,36)/b24-13-/t20-,21-,26-,29+,30-/m0/s1. The maximum Gasteiger partial charge on any atom is 0.239 e. The Balaban J connectivity index is 1.28. The summed E-state index contributed by atoms with van der Waals surface area (Å²) in [6.45, 7) is 3.39. The fourth-order valence-corrected chi connectivity index (χ4v) is 8.40. The van der Waals surface area contributed by atoms with Gasteiger partial charge in [-0.05, 0) is 73.9 Å². The summed E-state index contributed by atoms with van der Waals surface area (Å²) in [5.74, 6) is 0.101. The summed E-state index contributed by atoms with van der Waals surface area (Å²) in [5, 5.41) is 9.22. The van der Waals surface area contributed by atoms with Crippen molar-refractivity contribution in [3.63, 3.8) is 0 Å². The molecule has 3 fully saturated rings. The molecular formula is C30H31F2N5OS. The highest BCUT2D eigenvalue weighted by molar-refractivity contribution is 8.15. The van der Waals surface area contributed by atoms with E-state index < -0.39 is 21.9 Å². The van der Waals surface area contributed by atoms with Crippen molar-refractivity contribution in [1.29, 1.82) is 5.26 Å². The van der Waals surface area contributed by atoms with Crippen LogP contribution in [0.5, 0.6) is 0 Å². The lowest BCUT2D eigenvalue weighted by atomic mass is 9.75. The zero-order chi connectivity index (χ0) is 27.4. The minimum Gasteiger partial charge on any atom is -0.378 e. The summed E-state index contributed by atoms with van der Waals surface area (Å²) in [7, 11) is 0. The lowest BCUT2D eigenvalue weighted by molar-refractivity contribution is -0.135. The van der Waals surface area contributed by atoms with Crippen LogP contribution in [0.3, 0.4) is 0 Å². The van der Waals surface area contributed by atoms with E-state index in [-0.39, 0.29) is 22.7 Å². The maximum absolute atomic E-state index is 15.4. The number of amides is 1. The first kappa shape index (κ1) is 26.0. The van der Waals surface area contributed by atoms with Crippen LogP contribution < -0.4 is 5.73 Å². The summed E-state index contributed by atoms with van der Waals surface area (Å²) >= 11 is 1.32. The topological polar surface area (TPSA) is 95.4 Å². The first-order valence-corrected chi connectivity index (χ1v) is 14.4. The van der Waals surface area contributed by atoms with E-state index in [0.717, 1.165) is 25.4 Å². The number of carbonyl (C=O) groups is 1. The number of pyridine rings is 1. The third kappa shape index (κ3) is 4.53. The Kier molecular flexibility index (Phi) is 6.49. The molecule has 202 valence electrons. The van der Waals surface area contributed by atoms with Crippen LogP contribution in [0, 0.1) is 34.9 Å². The number of carbonyl (C=O) groups excluding carboxylic acids is 1. The van der Waals surface area contributed by atoms with Crippen LogP contribution >= 0.6 is 11.8 Å². The molecule has 1 amide bonds. The van der Waals surface area contributed by atoms with Gasteiger partial charge in [0.2, 0.25) is 5.91 Å². The zero-order valence-corrected chi connectivity index (χ0v) is 22.7. The summed E-state index contributed by atoms with van der Waals surface area (Å²) in [6.07, 6.45) is 9.17. The summed E-state index contributed by atoms with van der Waals surface area (Å²) in [5.41, 5.74) is 6.41. The largest absolute Gasteiger partial charge is 0.378 e. The number of halogens is 2. The molecule has 3 heterocycles. The number of nitriles is 1. The Morgan fingerprint density at radius 2 is 2.03 bits per heavy atom. The molecule has 2 N–H and O–H groups in total. The molecule has 6 nitrogen and oxygen atoms in total. The molecule has 1 aromatic carbocycles. The second kappa shape index (κ2) is 9.74. The van der Waals surface area contributed by atoms with E-state index >= 15 is 4.39 Å². The van der Waals surface area contributed by atoms with Crippen LogP contribution in [-0.4, -0.2) is 38.8 Å². The van der Waals surface area contributed by atoms with Crippen LogP contribution in [0.4, 0.5) is 8.78 Å². The van der Waals surface area contributed by atoms with Crippen LogP contribution in [0.2, 0.25) is 0 Å². The van der Waals surface area contributed by atoms with Crippen molar-refractivity contribution in [2.45, 2.75) is 55.7 Å². The average molecular weight is 548 g/mol. The Morgan fingerprint density at radius 1 is 1.23 bits per heavy atom. The maximum atomic E-state index is 15.4. The molecule has 0 bridgehead atoms. The number of thioether (sulfide) groups is 1. The average Bonchev–Trinajstić information content (AvgIpc) is 3.70. The molecule has 9 heteroatoms. The molecule has 6 rings (SSSR count). The number of fused-ring (bicyclic) bond motifs is 2. The molecule has 2 saturated carbocycles. The smallest absolute Gasteiger partial charge is 0.239 e. The number of benzene rings is 1. The van der Waals surface area contributed by atoms with Crippen molar-refractivity contribution in [1.82, 2.24) is 9.88 Å². The Bertz CT molecular complexity index is 1420. The Labute approximate surface area is 231 Å². The van der Waals surface area contributed by atoms with Gasteiger partial charge >= 0.3 is 0 Å². The Morgan fingerprint density at radius 3 is 2.77 bits per heavy atom. The van der Waals surface area contributed by atoms with E-state index in [1.165, 1.54) is 74.0 Å². The SMILES string of the molecule is C[C@]1(c2cc(/C=C(\F)c3ccc(C#N)cn3)ccc2F)N=C(N)S[C@@]2(C(=O)N3CC[C@@H]4CCCC[C@H]4C3)C[C@H]21. The van der Waals surface area contributed by atoms with Gasteiger partial charge in [0.05, 0.1) is 16.8 Å². The molecular weight excluding hydrogens is 516 g/mol. The number of nitrogens with two attached hydrogens (primary N) is 1. The van der Waals surface area contributed by atoms with Crippen molar-refractivity contribution in [3.05, 3.63) is 64.7 Å². The molecule has 0 unspecified atom stereocenters. The van der Waals surface area contributed by atoms with Gasteiger partial charge in [0.15, 0.2) is 5.17 Å². The quantitative estimate of drug-likeness (QED) is 0.535. The van der Waals surface area contributed by atoms with Gasteiger partial charge in [-0.1, -0.05) is 37.1 Å². The highest BCUT2D eigenvalue weighted by atomic mass is 32.2. The van der Waals surface area contributed by atoms with Gasteiger partial charge in [0.25, 0.3) is 0 Å². The van der Waals surface area contributed by atoms with Gasteiger partial charge in [-0.25, -0.2) is 8.78 Å². The second-order valence-corrected chi connectivity index (χ2v) is 12.8. The van der Waals surface area contributed by atoms with E-state index in [1.54, 1.807) is 6.07 Å². The number of rotatable bonds is 4. The third-order valence-corrected chi connectivity index (χ3v) is 10.4. The molecule has 5 atom stereocenters. The molecule has 1 saturated heterocycles. The van der Waals surface area contributed by atoms with Crippen LogP contribution in [0.1, 0.15) is 67.8 Å². The van der Waals surface area contributed by atoms with Crippen molar-refractivity contribution in [3.8, 4) is 6.07 Å². The van der Waals surface area contributed by atoms with Crippen LogP contribution in [0.15, 0.2) is 41.5 Å². The van der Waals surface area contributed by atoms with Gasteiger partial charge in [-0.2, -0.15) is 5.26 Å². The predicted octanol–water partition coefficient (Wildman–Crippen LogP) is 5.63. The molecule has 2 aromatic rings. The molecule has 39 heavy (non-hydrogen) atoms. The van der Waals surface area contributed by atoms with E-state index in [1.807, 2.05) is 17.9 Å². The van der Waals surface area contributed by atoms with Crippen molar-refractivity contribution in [2.24, 2.45) is 28.5 Å². The number of nitrogens with zero attached hydrogens (tertiary/aromatic N) is 4. The molecule has 1 aromatic heterocycles. The van der Waals surface area contributed by atoms with Gasteiger partial charge in [-0.3, -0.25) is 14.8 Å². The second-order valence-electron chi connectivity index (χ2n) is 11.5. The molecule has 4 aliphatic rings. The zero-order valence-electron chi connectivity index (χ0n) is 21.9. The first-order chi connectivity index (χ1) is 18.7. The molecule has 2 aliphatic heterocycles. The van der Waals surface area contributed by atoms with Gasteiger partial charge in [0.1, 0.15) is 22.5 Å². The normalized spacial score (nSPS) is 31.9. The van der Waals surface area contributed by atoms with Gasteiger partial charge in [0, 0.05) is 30.8 Å². The highest BCUT2D eigenvalue weighted by Crippen LogP contribution is 2.66. The van der Waals surface area contributed by atoms with E-state index in [0.29, 0.717) is 29.0 Å². The Hall–Kier alpha value is -3.25. The number of hydrogen-bond acceptors (Lipinski definition) is 6. The molecule has 2 aliphatic carbocycles. The minimum absolute atomic E-state index is 0.0796. The van der Waals surface area contributed by atoms with Crippen molar-refractivity contribution >= 4 is 34.7 Å². The van der Waals surface area contributed by atoms with E-state index in [2.05, 4.69) is 4.98 Å². The number of piperidine rings is 1. The lowest BCUT2D eigenvalue weighted by Crippen LogP contribution is -2.51. The number of aromatic nitrogens is 1. The predicted molar refractivity (Wildman–Crippen MR) is 148 cm³/mol. The van der Waals surface area contributed by atoms with Crippen molar-refractivity contribution in [2.75, 3.05) is 13.1 Å². The first-order valence-electron chi connectivity index (χ1n) is 13.6. The van der Waals surface area contributed by atoms with Gasteiger partial charge < -0.3 is 10.6 Å². The number of amidine groups is 1.